The van der Waals surface area contributed by atoms with Crippen molar-refractivity contribution >= 4 is 5.69 Å². The van der Waals surface area contributed by atoms with Crippen molar-refractivity contribution in [1.29, 1.82) is 0 Å². The van der Waals surface area contributed by atoms with Crippen LogP contribution in [0.5, 0.6) is 0 Å². The minimum atomic E-state index is -1.71. The predicted molar refractivity (Wildman–Crippen MR) is 53.5 cm³/mol. The summed E-state index contributed by atoms with van der Waals surface area (Å²) in [5.74, 6) is -6.56. The first-order chi connectivity index (χ1) is 7.97. The molecular formula is C10H12F4N2O. The Balaban J connectivity index is 2.77. The monoisotopic (exact) mass is 252 g/mol. The third-order valence-corrected chi connectivity index (χ3v) is 2.25. The summed E-state index contributed by atoms with van der Waals surface area (Å²) in [6.45, 7) is 1.73. The molecule has 0 spiro atoms. The largest absolute Gasteiger partial charge is 0.393 e. The maximum atomic E-state index is 13.1. The highest BCUT2D eigenvalue weighted by Crippen LogP contribution is 2.21. The van der Waals surface area contributed by atoms with Gasteiger partial charge in [-0.25, -0.2) is 0 Å². The Morgan fingerprint density at radius 1 is 1.18 bits per heavy atom. The van der Waals surface area contributed by atoms with Gasteiger partial charge in [0, 0.05) is 6.54 Å². The van der Waals surface area contributed by atoms with Gasteiger partial charge in [-0.2, -0.15) is 22.5 Å². The van der Waals surface area contributed by atoms with Crippen molar-refractivity contribution in [3.8, 4) is 0 Å². The van der Waals surface area contributed by atoms with Gasteiger partial charge in [0.2, 0.25) is 11.6 Å². The molecule has 17 heavy (non-hydrogen) atoms. The summed E-state index contributed by atoms with van der Waals surface area (Å²) in [6, 6.07) is 0. The Labute approximate surface area is 95.5 Å². The molecule has 1 rings (SSSR count). The average Bonchev–Trinajstić information content (AvgIpc) is 2.30. The number of hydrogen-bond donors (Lipinski definition) is 2. The molecule has 1 unspecified atom stereocenters. The fraction of sp³-hybridized carbons (Fsp3) is 0.500. The molecule has 0 aliphatic carbocycles. The molecular weight excluding hydrogens is 240 g/mol. The number of anilines is 1. The van der Waals surface area contributed by atoms with Gasteiger partial charge in [-0.1, -0.05) is 6.92 Å². The lowest BCUT2D eigenvalue weighted by atomic mass is 10.2. The van der Waals surface area contributed by atoms with E-state index in [9.17, 15) is 22.7 Å². The van der Waals surface area contributed by atoms with E-state index in [-0.39, 0.29) is 13.0 Å². The number of aliphatic hydroxyl groups is 1. The van der Waals surface area contributed by atoms with Crippen molar-refractivity contribution in [2.24, 2.45) is 0 Å². The fourth-order valence-corrected chi connectivity index (χ4v) is 1.21. The first-order valence-electron chi connectivity index (χ1n) is 5.09. The van der Waals surface area contributed by atoms with Crippen molar-refractivity contribution < 1.29 is 22.7 Å². The predicted octanol–water partition coefficient (Wildman–Crippen LogP) is 2.21. The standard InChI is InChI=1S/C10H12F4N2O/c1-2-5(17)3-4-15-8-6(11)9(13)16-10(14)7(8)12/h5,17H,2-4H2,1H3,(H,15,16). The highest BCUT2D eigenvalue weighted by atomic mass is 19.2. The Bertz CT molecular complexity index is 374. The molecule has 0 fully saturated rings. The number of nitrogens with zero attached hydrogens (tertiary/aromatic N) is 1. The van der Waals surface area contributed by atoms with Crippen LogP contribution in [0.3, 0.4) is 0 Å². The summed E-state index contributed by atoms with van der Waals surface area (Å²) in [5.41, 5.74) is -0.904. The lowest BCUT2D eigenvalue weighted by Crippen LogP contribution is -2.15. The van der Waals surface area contributed by atoms with Crippen LogP contribution in [-0.4, -0.2) is 22.7 Å². The van der Waals surface area contributed by atoms with E-state index in [0.717, 1.165) is 0 Å². The number of halogens is 4. The van der Waals surface area contributed by atoms with Crippen LogP contribution in [-0.2, 0) is 0 Å². The molecule has 7 heteroatoms. The van der Waals surface area contributed by atoms with E-state index in [1.54, 1.807) is 6.92 Å². The second-order valence-electron chi connectivity index (χ2n) is 3.47. The van der Waals surface area contributed by atoms with E-state index in [0.29, 0.717) is 6.42 Å². The molecule has 2 N–H and O–H groups in total. The van der Waals surface area contributed by atoms with E-state index in [1.807, 2.05) is 0 Å². The number of aliphatic hydroxyl groups excluding tert-OH is 1. The molecule has 1 aromatic heterocycles. The first kappa shape index (κ1) is 13.7. The minimum Gasteiger partial charge on any atom is -0.393 e. The van der Waals surface area contributed by atoms with Crippen LogP contribution in [0.25, 0.3) is 0 Å². The van der Waals surface area contributed by atoms with E-state index >= 15 is 0 Å². The van der Waals surface area contributed by atoms with Gasteiger partial charge in [-0.05, 0) is 12.8 Å². The van der Waals surface area contributed by atoms with E-state index in [4.69, 9.17) is 0 Å². The molecule has 0 saturated heterocycles. The van der Waals surface area contributed by atoms with Crippen molar-refractivity contribution in [3.05, 3.63) is 23.5 Å². The lowest BCUT2D eigenvalue weighted by Gasteiger charge is -2.11. The van der Waals surface area contributed by atoms with Gasteiger partial charge in [0.05, 0.1) is 6.10 Å². The number of hydrogen-bond acceptors (Lipinski definition) is 3. The molecule has 0 saturated carbocycles. The van der Waals surface area contributed by atoms with Crippen LogP contribution in [0.2, 0.25) is 0 Å². The Morgan fingerprint density at radius 2 is 1.71 bits per heavy atom. The summed E-state index contributed by atoms with van der Waals surface area (Å²) in [7, 11) is 0. The van der Waals surface area contributed by atoms with Gasteiger partial charge in [0.25, 0.3) is 11.9 Å². The van der Waals surface area contributed by atoms with Crippen LogP contribution in [0.1, 0.15) is 19.8 Å². The second-order valence-corrected chi connectivity index (χ2v) is 3.47. The maximum absolute atomic E-state index is 13.1. The van der Waals surface area contributed by atoms with Crippen molar-refractivity contribution in [2.75, 3.05) is 11.9 Å². The second kappa shape index (κ2) is 5.81. The topological polar surface area (TPSA) is 45.1 Å². The summed E-state index contributed by atoms with van der Waals surface area (Å²) in [5, 5.41) is 11.4. The van der Waals surface area contributed by atoms with Crippen molar-refractivity contribution in [1.82, 2.24) is 4.98 Å². The summed E-state index contributed by atoms with van der Waals surface area (Å²) >= 11 is 0. The van der Waals surface area contributed by atoms with Gasteiger partial charge in [0.15, 0.2) is 0 Å². The van der Waals surface area contributed by atoms with Crippen LogP contribution in [0.4, 0.5) is 23.2 Å². The molecule has 0 bridgehead atoms. The molecule has 96 valence electrons. The zero-order valence-corrected chi connectivity index (χ0v) is 9.10. The zero-order valence-electron chi connectivity index (χ0n) is 9.10. The summed E-state index contributed by atoms with van der Waals surface area (Å²) in [6.07, 6.45) is 0.0530. The molecule has 0 amide bonds. The molecule has 3 nitrogen and oxygen atoms in total. The number of pyridine rings is 1. The molecule has 0 aromatic carbocycles. The van der Waals surface area contributed by atoms with Crippen molar-refractivity contribution in [2.45, 2.75) is 25.9 Å². The third-order valence-electron chi connectivity index (χ3n) is 2.25. The van der Waals surface area contributed by atoms with Crippen LogP contribution in [0, 0.1) is 23.5 Å². The molecule has 1 heterocycles. The smallest absolute Gasteiger partial charge is 0.253 e. The Hall–Kier alpha value is -1.37. The normalized spacial score (nSPS) is 12.6. The SMILES string of the molecule is CCC(O)CCNc1c(F)c(F)nc(F)c1F. The van der Waals surface area contributed by atoms with Crippen LogP contribution >= 0.6 is 0 Å². The van der Waals surface area contributed by atoms with E-state index in [2.05, 4.69) is 10.3 Å². The van der Waals surface area contributed by atoms with Crippen molar-refractivity contribution in [3.63, 3.8) is 0 Å². The Morgan fingerprint density at radius 3 is 2.18 bits per heavy atom. The molecule has 0 aliphatic heterocycles. The maximum Gasteiger partial charge on any atom is 0.253 e. The third kappa shape index (κ3) is 3.29. The van der Waals surface area contributed by atoms with Gasteiger partial charge in [0.1, 0.15) is 5.69 Å². The fourth-order valence-electron chi connectivity index (χ4n) is 1.21. The van der Waals surface area contributed by atoms with Crippen LogP contribution in [0.15, 0.2) is 0 Å². The lowest BCUT2D eigenvalue weighted by molar-refractivity contribution is 0.164. The Kier molecular flexibility index (Phi) is 4.68. The molecule has 1 atom stereocenters. The zero-order chi connectivity index (χ0) is 13.0. The van der Waals surface area contributed by atoms with E-state index in [1.165, 1.54) is 0 Å². The van der Waals surface area contributed by atoms with Gasteiger partial charge >= 0.3 is 0 Å². The minimum absolute atomic E-state index is 0.00819. The summed E-state index contributed by atoms with van der Waals surface area (Å²) < 4.78 is 51.5. The number of aromatic nitrogens is 1. The first-order valence-corrected chi connectivity index (χ1v) is 5.09. The highest BCUT2D eigenvalue weighted by Gasteiger charge is 2.20. The molecule has 1 aromatic rings. The van der Waals surface area contributed by atoms with Gasteiger partial charge < -0.3 is 10.4 Å². The summed E-state index contributed by atoms with van der Waals surface area (Å²) in [4.78, 5) is 2.42. The molecule has 0 radical (unpaired) electrons. The number of rotatable bonds is 5. The number of nitrogens with one attached hydrogen (secondary N) is 1. The average molecular weight is 252 g/mol. The van der Waals surface area contributed by atoms with Crippen LogP contribution < -0.4 is 5.32 Å². The van der Waals surface area contributed by atoms with Gasteiger partial charge in [-0.15, -0.1) is 0 Å². The quantitative estimate of drug-likeness (QED) is 0.623. The van der Waals surface area contributed by atoms with E-state index < -0.39 is 35.3 Å². The molecule has 0 aliphatic rings. The van der Waals surface area contributed by atoms with Gasteiger partial charge in [-0.3, -0.25) is 0 Å². The highest BCUT2D eigenvalue weighted by molar-refractivity contribution is 5.45.